The fraction of sp³-hybridized carbons (Fsp3) is 0.211. The van der Waals surface area contributed by atoms with Gasteiger partial charge in [-0.05, 0) is 12.5 Å². The summed E-state index contributed by atoms with van der Waals surface area (Å²) < 4.78 is 0. The lowest BCUT2D eigenvalue weighted by atomic mass is 10.0. The zero-order valence-electron chi connectivity index (χ0n) is 14.5. The number of nitrogens with one attached hydrogen (secondary N) is 1. The summed E-state index contributed by atoms with van der Waals surface area (Å²) in [6, 6.07) is 4.45. The molecule has 0 saturated carbocycles. The van der Waals surface area contributed by atoms with E-state index >= 15 is 0 Å². The maximum Gasteiger partial charge on any atom is 0.259 e. The van der Waals surface area contributed by atoms with E-state index in [1.54, 1.807) is 29.8 Å². The van der Waals surface area contributed by atoms with Crippen LogP contribution in [0.2, 0.25) is 0 Å². The molecule has 9 heteroatoms. The van der Waals surface area contributed by atoms with Crippen molar-refractivity contribution in [2.24, 2.45) is 0 Å². The molecule has 1 aromatic carbocycles. The normalized spacial score (nSPS) is 20.0. The lowest BCUT2D eigenvalue weighted by Gasteiger charge is -2.30. The summed E-state index contributed by atoms with van der Waals surface area (Å²) in [4.78, 5) is 46.9. The zero-order chi connectivity index (χ0) is 19.4. The number of carbonyl (C=O) groups is 3. The van der Waals surface area contributed by atoms with Crippen molar-refractivity contribution in [3.8, 4) is 0 Å². The third-order valence-electron chi connectivity index (χ3n) is 5.10. The van der Waals surface area contributed by atoms with Crippen molar-refractivity contribution in [1.29, 1.82) is 0 Å². The van der Waals surface area contributed by atoms with Gasteiger partial charge in [-0.3, -0.25) is 29.6 Å². The fourth-order valence-electron chi connectivity index (χ4n) is 3.85. The SMILES string of the molecule is O=C1CCC(N2C(=O)c3cccc4c(C(O)c5nccs5)ncc2c34)C(=O)N1. The maximum atomic E-state index is 13.1. The molecule has 0 bridgehead atoms. The van der Waals surface area contributed by atoms with E-state index in [-0.39, 0.29) is 24.7 Å². The van der Waals surface area contributed by atoms with Gasteiger partial charge in [-0.2, -0.15) is 0 Å². The Hall–Kier alpha value is -3.17. The number of anilines is 1. The Kier molecular flexibility index (Phi) is 3.74. The van der Waals surface area contributed by atoms with E-state index in [1.165, 1.54) is 22.4 Å². The second-order valence-corrected chi connectivity index (χ2v) is 7.60. The van der Waals surface area contributed by atoms with Crippen LogP contribution in [0, 0.1) is 0 Å². The molecular formula is C19H14N4O4S. The quantitative estimate of drug-likeness (QED) is 0.652. The second-order valence-electron chi connectivity index (χ2n) is 6.67. The Morgan fingerprint density at radius 3 is 2.86 bits per heavy atom. The number of amides is 3. The first kappa shape index (κ1) is 17.0. The van der Waals surface area contributed by atoms with Gasteiger partial charge in [0.15, 0.2) is 0 Å². The van der Waals surface area contributed by atoms with Crippen molar-refractivity contribution in [2.75, 3.05) is 4.90 Å². The van der Waals surface area contributed by atoms with Crippen LogP contribution < -0.4 is 10.2 Å². The summed E-state index contributed by atoms with van der Waals surface area (Å²) in [7, 11) is 0. The van der Waals surface area contributed by atoms with Crippen LogP contribution in [0.5, 0.6) is 0 Å². The Morgan fingerprint density at radius 1 is 1.25 bits per heavy atom. The van der Waals surface area contributed by atoms with E-state index in [0.717, 1.165) is 0 Å². The van der Waals surface area contributed by atoms with Crippen LogP contribution in [0.1, 0.15) is 40.0 Å². The molecule has 2 aromatic heterocycles. The number of imide groups is 1. The number of pyridine rings is 1. The molecule has 28 heavy (non-hydrogen) atoms. The van der Waals surface area contributed by atoms with Gasteiger partial charge in [0.25, 0.3) is 5.91 Å². The van der Waals surface area contributed by atoms with Gasteiger partial charge in [0, 0.05) is 34.3 Å². The van der Waals surface area contributed by atoms with Gasteiger partial charge in [0.2, 0.25) is 11.8 Å². The third kappa shape index (κ3) is 2.36. The van der Waals surface area contributed by atoms with E-state index in [1.807, 2.05) is 0 Å². The molecule has 8 nitrogen and oxygen atoms in total. The fourth-order valence-corrected chi connectivity index (χ4v) is 4.47. The first-order chi connectivity index (χ1) is 13.6. The molecule has 2 N–H and O–H groups in total. The molecule has 2 atom stereocenters. The third-order valence-corrected chi connectivity index (χ3v) is 5.93. The van der Waals surface area contributed by atoms with Crippen LogP contribution in [-0.4, -0.2) is 38.8 Å². The molecule has 2 unspecified atom stereocenters. The molecule has 4 heterocycles. The largest absolute Gasteiger partial charge is 0.379 e. The lowest BCUT2D eigenvalue weighted by molar-refractivity contribution is -0.134. The van der Waals surface area contributed by atoms with Gasteiger partial charge in [-0.15, -0.1) is 11.3 Å². The number of piperidine rings is 1. The second kappa shape index (κ2) is 6.18. The Labute approximate surface area is 162 Å². The number of thiazole rings is 1. The minimum absolute atomic E-state index is 0.175. The van der Waals surface area contributed by atoms with Crippen LogP contribution in [-0.2, 0) is 9.59 Å². The molecule has 140 valence electrons. The van der Waals surface area contributed by atoms with Crippen molar-refractivity contribution in [3.63, 3.8) is 0 Å². The Bertz CT molecular complexity index is 1140. The van der Waals surface area contributed by atoms with E-state index in [4.69, 9.17) is 0 Å². The number of carbonyl (C=O) groups excluding carboxylic acids is 3. The number of nitrogens with zero attached hydrogens (tertiary/aromatic N) is 3. The maximum absolute atomic E-state index is 13.1. The molecule has 3 aromatic rings. The highest BCUT2D eigenvalue weighted by Gasteiger charge is 2.41. The van der Waals surface area contributed by atoms with E-state index in [0.29, 0.717) is 32.7 Å². The monoisotopic (exact) mass is 394 g/mol. The topological polar surface area (TPSA) is 112 Å². The molecule has 2 aliphatic rings. The minimum atomic E-state index is -1.01. The van der Waals surface area contributed by atoms with Crippen molar-refractivity contribution < 1.29 is 19.5 Å². The number of hydrogen-bond donors (Lipinski definition) is 2. The number of benzene rings is 1. The van der Waals surface area contributed by atoms with Gasteiger partial charge in [0.05, 0.1) is 17.6 Å². The van der Waals surface area contributed by atoms with Crippen LogP contribution in [0.3, 0.4) is 0 Å². The molecule has 0 radical (unpaired) electrons. The number of aromatic nitrogens is 2. The van der Waals surface area contributed by atoms with Gasteiger partial charge < -0.3 is 5.11 Å². The number of rotatable bonds is 3. The van der Waals surface area contributed by atoms with Gasteiger partial charge >= 0.3 is 0 Å². The van der Waals surface area contributed by atoms with Gasteiger partial charge in [-0.25, -0.2) is 4.98 Å². The standard InChI is InChI=1S/C19H14N4O4S/c24-13-5-4-11(17(26)22-13)23-12-8-21-15(16(25)18-20-6-7-28-18)9-2-1-3-10(14(9)12)19(23)27/h1-3,6-8,11,16,25H,4-5H2,(H,22,24,26). The predicted molar refractivity (Wildman–Crippen MR) is 101 cm³/mol. The highest BCUT2D eigenvalue weighted by atomic mass is 32.1. The van der Waals surface area contributed by atoms with Crippen molar-refractivity contribution in [3.05, 3.63) is 52.2 Å². The van der Waals surface area contributed by atoms with Crippen LogP contribution in [0.15, 0.2) is 36.0 Å². The summed E-state index contributed by atoms with van der Waals surface area (Å²) in [6.45, 7) is 0. The summed E-state index contributed by atoms with van der Waals surface area (Å²) >= 11 is 1.32. The van der Waals surface area contributed by atoms with Crippen molar-refractivity contribution in [1.82, 2.24) is 15.3 Å². The molecule has 0 spiro atoms. The number of aliphatic hydroxyl groups is 1. The van der Waals surface area contributed by atoms with Gasteiger partial charge in [-0.1, -0.05) is 12.1 Å². The zero-order valence-corrected chi connectivity index (χ0v) is 15.3. The van der Waals surface area contributed by atoms with Crippen LogP contribution in [0.4, 0.5) is 5.69 Å². The highest BCUT2D eigenvalue weighted by molar-refractivity contribution is 7.09. The lowest BCUT2D eigenvalue weighted by Crippen LogP contribution is -2.53. The molecule has 0 aliphatic carbocycles. The molecule has 1 saturated heterocycles. The Morgan fingerprint density at radius 2 is 2.11 bits per heavy atom. The highest BCUT2D eigenvalue weighted by Crippen LogP contribution is 2.41. The smallest absolute Gasteiger partial charge is 0.259 e. The van der Waals surface area contributed by atoms with E-state index in [2.05, 4.69) is 15.3 Å². The molecule has 2 aliphatic heterocycles. The first-order valence-corrected chi connectivity index (χ1v) is 9.60. The van der Waals surface area contributed by atoms with E-state index < -0.39 is 18.1 Å². The molecule has 1 fully saturated rings. The summed E-state index contributed by atoms with van der Waals surface area (Å²) in [5.41, 5.74) is 1.38. The van der Waals surface area contributed by atoms with Crippen molar-refractivity contribution >= 4 is 45.5 Å². The van der Waals surface area contributed by atoms with Gasteiger partial charge in [0.1, 0.15) is 17.2 Å². The summed E-state index contributed by atoms with van der Waals surface area (Å²) in [5.74, 6) is -1.13. The molecule has 3 amide bonds. The minimum Gasteiger partial charge on any atom is -0.379 e. The summed E-state index contributed by atoms with van der Waals surface area (Å²) in [5, 5.41) is 16.6. The number of hydrogen-bond acceptors (Lipinski definition) is 7. The van der Waals surface area contributed by atoms with Crippen LogP contribution in [0.25, 0.3) is 10.8 Å². The first-order valence-electron chi connectivity index (χ1n) is 8.72. The summed E-state index contributed by atoms with van der Waals surface area (Å²) in [6.07, 6.45) is 2.54. The molecular weight excluding hydrogens is 380 g/mol. The van der Waals surface area contributed by atoms with E-state index in [9.17, 15) is 19.5 Å². The average Bonchev–Trinajstić information content (AvgIpc) is 3.31. The predicted octanol–water partition coefficient (Wildman–Crippen LogP) is 1.54. The number of aliphatic hydroxyl groups excluding tert-OH is 1. The van der Waals surface area contributed by atoms with Crippen molar-refractivity contribution in [2.45, 2.75) is 25.0 Å². The molecule has 5 rings (SSSR count). The van der Waals surface area contributed by atoms with Crippen LogP contribution >= 0.6 is 11.3 Å². The average molecular weight is 394 g/mol. The Balaban J connectivity index is 1.65.